The first-order chi connectivity index (χ1) is 10.5. The molecule has 3 rings (SSSR count). The molecule has 2 aromatic rings. The molecule has 1 heterocycles. The summed E-state index contributed by atoms with van der Waals surface area (Å²) in [6.07, 6.45) is 3.86. The summed E-state index contributed by atoms with van der Waals surface area (Å²) in [4.78, 5) is 31.0. The van der Waals surface area contributed by atoms with Crippen LogP contribution in [0.25, 0.3) is 10.9 Å². The highest BCUT2D eigenvalue weighted by Gasteiger charge is 2.32. The average molecular weight is 299 g/mol. The maximum absolute atomic E-state index is 12.5. The molecule has 0 radical (unpaired) electrons. The number of para-hydroxylation sites is 1. The lowest BCUT2D eigenvalue weighted by molar-refractivity contribution is -0.132. The third-order valence-corrected chi connectivity index (χ3v) is 4.67. The van der Waals surface area contributed by atoms with Gasteiger partial charge in [-0.1, -0.05) is 12.1 Å². The van der Waals surface area contributed by atoms with Crippen molar-refractivity contribution in [1.82, 2.24) is 14.5 Å². The van der Waals surface area contributed by atoms with Gasteiger partial charge in [0.05, 0.1) is 17.2 Å². The Morgan fingerprint density at radius 1 is 1.45 bits per heavy atom. The van der Waals surface area contributed by atoms with Crippen LogP contribution in [-0.2, 0) is 11.3 Å². The van der Waals surface area contributed by atoms with Crippen LogP contribution < -0.4 is 5.56 Å². The maximum Gasteiger partial charge on any atom is 0.261 e. The van der Waals surface area contributed by atoms with Crippen LogP contribution in [0.3, 0.4) is 0 Å². The molecular weight excluding hydrogens is 278 g/mol. The van der Waals surface area contributed by atoms with E-state index in [-0.39, 0.29) is 24.1 Å². The first kappa shape index (κ1) is 14.8. The number of benzene rings is 1. The van der Waals surface area contributed by atoms with Gasteiger partial charge in [0, 0.05) is 13.1 Å². The van der Waals surface area contributed by atoms with Gasteiger partial charge >= 0.3 is 0 Å². The second-order valence-electron chi connectivity index (χ2n) is 6.23. The average Bonchev–Trinajstić information content (AvgIpc) is 3.34. The first-order valence-electron chi connectivity index (χ1n) is 7.69. The molecule has 1 saturated carbocycles. The van der Waals surface area contributed by atoms with Crippen molar-refractivity contribution in [3.05, 3.63) is 40.4 Å². The summed E-state index contributed by atoms with van der Waals surface area (Å²) in [5.41, 5.74) is 1.51. The highest BCUT2D eigenvalue weighted by atomic mass is 16.2. The molecule has 0 aliphatic heterocycles. The Hall–Kier alpha value is -2.17. The summed E-state index contributed by atoms with van der Waals surface area (Å²) >= 11 is 0. The Kier molecular flexibility index (Phi) is 3.72. The maximum atomic E-state index is 12.5. The van der Waals surface area contributed by atoms with Crippen molar-refractivity contribution >= 4 is 16.8 Å². The number of aromatic nitrogens is 2. The molecule has 1 atom stereocenters. The van der Waals surface area contributed by atoms with E-state index in [9.17, 15) is 9.59 Å². The zero-order valence-corrected chi connectivity index (χ0v) is 13.2. The van der Waals surface area contributed by atoms with E-state index in [1.54, 1.807) is 11.0 Å². The van der Waals surface area contributed by atoms with Crippen LogP contribution in [0.15, 0.2) is 29.3 Å². The summed E-state index contributed by atoms with van der Waals surface area (Å²) < 4.78 is 1.40. The molecule has 5 heteroatoms. The lowest BCUT2D eigenvalue weighted by Crippen LogP contribution is -2.40. The van der Waals surface area contributed by atoms with E-state index in [0.717, 1.165) is 5.56 Å². The molecule has 1 aromatic heterocycles. The highest BCUT2D eigenvalue weighted by molar-refractivity contribution is 5.81. The van der Waals surface area contributed by atoms with Crippen LogP contribution in [-0.4, -0.2) is 33.4 Å². The molecule has 22 heavy (non-hydrogen) atoms. The smallest absolute Gasteiger partial charge is 0.261 e. The molecule has 0 saturated heterocycles. The Morgan fingerprint density at radius 3 is 2.86 bits per heavy atom. The standard InChI is InChI=1S/C17H21N3O2/c1-11-5-4-6-14-16(11)18-10-20(17(14)22)9-15(21)19(3)12(2)13-7-8-13/h4-6,10,12-13H,7-9H2,1-3H3. The van der Waals surface area contributed by atoms with Crippen molar-refractivity contribution in [2.24, 2.45) is 5.92 Å². The third-order valence-electron chi connectivity index (χ3n) is 4.67. The van der Waals surface area contributed by atoms with Gasteiger partial charge in [0.2, 0.25) is 5.91 Å². The lowest BCUT2D eigenvalue weighted by atomic mass is 10.1. The van der Waals surface area contributed by atoms with Crippen molar-refractivity contribution in [2.75, 3.05) is 7.05 Å². The number of rotatable bonds is 4. The van der Waals surface area contributed by atoms with Crippen molar-refractivity contribution in [3.63, 3.8) is 0 Å². The number of hydrogen-bond acceptors (Lipinski definition) is 3. The van der Waals surface area contributed by atoms with Crippen molar-refractivity contribution in [1.29, 1.82) is 0 Å². The number of carbonyl (C=O) groups excluding carboxylic acids is 1. The van der Waals surface area contributed by atoms with Gasteiger partial charge in [0.25, 0.3) is 5.56 Å². The Labute approximate surface area is 129 Å². The molecule has 1 unspecified atom stereocenters. The van der Waals surface area contributed by atoms with Gasteiger partial charge in [-0.3, -0.25) is 14.2 Å². The van der Waals surface area contributed by atoms with Gasteiger partial charge in [-0.05, 0) is 44.2 Å². The molecule has 1 amide bonds. The molecule has 1 aromatic carbocycles. The molecule has 0 spiro atoms. The number of aryl methyl sites for hydroxylation is 1. The van der Waals surface area contributed by atoms with Crippen LogP contribution in [0.2, 0.25) is 0 Å². The highest BCUT2D eigenvalue weighted by Crippen LogP contribution is 2.34. The zero-order valence-electron chi connectivity index (χ0n) is 13.2. The van der Waals surface area contributed by atoms with Crippen molar-refractivity contribution in [3.8, 4) is 0 Å². The number of fused-ring (bicyclic) bond motifs is 1. The number of nitrogens with zero attached hydrogens (tertiary/aromatic N) is 3. The predicted molar refractivity (Wildman–Crippen MR) is 85.7 cm³/mol. The molecule has 1 fully saturated rings. The number of carbonyl (C=O) groups is 1. The van der Waals surface area contributed by atoms with Crippen LogP contribution in [0.4, 0.5) is 0 Å². The van der Waals surface area contributed by atoms with Gasteiger partial charge in [-0.15, -0.1) is 0 Å². The number of likely N-dealkylation sites (N-methyl/N-ethyl adjacent to an activating group) is 1. The van der Waals surface area contributed by atoms with E-state index < -0.39 is 0 Å². The number of hydrogen-bond donors (Lipinski definition) is 0. The summed E-state index contributed by atoms with van der Waals surface area (Å²) in [6, 6.07) is 5.76. The Morgan fingerprint density at radius 2 is 2.18 bits per heavy atom. The summed E-state index contributed by atoms with van der Waals surface area (Å²) in [6.45, 7) is 4.04. The van der Waals surface area contributed by atoms with Gasteiger partial charge in [-0.2, -0.15) is 0 Å². The fourth-order valence-electron chi connectivity index (χ4n) is 2.83. The van der Waals surface area contributed by atoms with Crippen LogP contribution >= 0.6 is 0 Å². The minimum absolute atomic E-state index is 0.0449. The normalized spacial score (nSPS) is 15.8. The Balaban J connectivity index is 1.86. The minimum Gasteiger partial charge on any atom is -0.341 e. The van der Waals surface area contributed by atoms with E-state index in [4.69, 9.17) is 0 Å². The fourth-order valence-corrected chi connectivity index (χ4v) is 2.83. The predicted octanol–water partition coefficient (Wildman–Crippen LogP) is 1.96. The second-order valence-corrected chi connectivity index (χ2v) is 6.23. The monoisotopic (exact) mass is 299 g/mol. The first-order valence-corrected chi connectivity index (χ1v) is 7.69. The van der Waals surface area contributed by atoms with E-state index in [1.807, 2.05) is 26.1 Å². The zero-order chi connectivity index (χ0) is 15.9. The number of amides is 1. The van der Waals surface area contributed by atoms with Crippen LogP contribution in [0.5, 0.6) is 0 Å². The molecule has 0 bridgehead atoms. The van der Waals surface area contributed by atoms with E-state index in [0.29, 0.717) is 16.8 Å². The second kappa shape index (κ2) is 5.55. The van der Waals surface area contributed by atoms with Gasteiger partial charge < -0.3 is 4.90 Å². The fraction of sp³-hybridized carbons (Fsp3) is 0.471. The van der Waals surface area contributed by atoms with Gasteiger partial charge in [0.15, 0.2) is 0 Å². The van der Waals surface area contributed by atoms with E-state index >= 15 is 0 Å². The van der Waals surface area contributed by atoms with Crippen molar-refractivity contribution in [2.45, 2.75) is 39.3 Å². The third kappa shape index (κ3) is 2.63. The van der Waals surface area contributed by atoms with Crippen molar-refractivity contribution < 1.29 is 4.79 Å². The molecular formula is C17H21N3O2. The largest absolute Gasteiger partial charge is 0.341 e. The van der Waals surface area contributed by atoms with Gasteiger partial charge in [-0.25, -0.2) is 4.98 Å². The molecule has 5 nitrogen and oxygen atoms in total. The lowest BCUT2D eigenvalue weighted by Gasteiger charge is -2.25. The van der Waals surface area contributed by atoms with Gasteiger partial charge in [0.1, 0.15) is 6.54 Å². The summed E-state index contributed by atoms with van der Waals surface area (Å²) in [5, 5.41) is 0.563. The molecule has 0 N–H and O–H groups in total. The quantitative estimate of drug-likeness (QED) is 0.867. The van der Waals surface area contributed by atoms with E-state index in [1.165, 1.54) is 23.7 Å². The Bertz CT molecular complexity index is 777. The SMILES string of the molecule is Cc1cccc2c(=O)n(CC(=O)N(C)C(C)C3CC3)cnc12. The van der Waals surface area contributed by atoms with Crippen LogP contribution in [0, 0.1) is 12.8 Å². The molecule has 1 aliphatic carbocycles. The minimum atomic E-state index is -0.158. The summed E-state index contributed by atoms with van der Waals surface area (Å²) in [5.74, 6) is 0.568. The topological polar surface area (TPSA) is 55.2 Å². The van der Waals surface area contributed by atoms with Crippen LogP contribution in [0.1, 0.15) is 25.3 Å². The molecule has 1 aliphatic rings. The summed E-state index contributed by atoms with van der Waals surface area (Å²) in [7, 11) is 1.81. The van der Waals surface area contributed by atoms with E-state index in [2.05, 4.69) is 11.9 Å². The molecule has 116 valence electrons.